The van der Waals surface area contributed by atoms with E-state index in [1.807, 2.05) is 58.9 Å². The molecule has 6 fully saturated rings. The minimum Gasteiger partial charge on any atom is -0.299 e. The Morgan fingerprint density at radius 2 is 0.474 bits per heavy atom. The topological polar surface area (TPSA) is 275 Å². The molecule has 12 atom stereocenters. The summed E-state index contributed by atoms with van der Waals surface area (Å²) in [4.78, 5) is 42.6. The molecule has 135 heavy (non-hydrogen) atoms. The molecule has 6 aliphatic rings. The van der Waals surface area contributed by atoms with E-state index in [-0.39, 0.29) is 105 Å². The molecule has 18 rings (SSSR count). The summed E-state index contributed by atoms with van der Waals surface area (Å²) in [6, 6.07) is 73.7. The predicted octanol–water partition coefficient (Wildman–Crippen LogP) is 21.4. The molecule has 0 spiro atoms. The van der Waals surface area contributed by atoms with Crippen LogP contribution in [0.5, 0.6) is 0 Å². The fraction of sp³-hybridized carbons (Fsp3) is 0.265. The fourth-order valence-electron chi connectivity index (χ4n) is 19.6. The van der Waals surface area contributed by atoms with Crippen LogP contribution in [0.4, 0.5) is 0 Å². The lowest BCUT2D eigenvalue weighted by molar-refractivity contribution is -0.133. The highest BCUT2D eigenvalue weighted by Crippen LogP contribution is 2.54. The Hall–Kier alpha value is -9.15. The zero-order valence-corrected chi connectivity index (χ0v) is 83.5. The van der Waals surface area contributed by atoms with E-state index in [1.165, 1.54) is 50.1 Å². The van der Waals surface area contributed by atoms with Gasteiger partial charge in [-0.2, -0.15) is 25.8 Å². The molecule has 702 valence electrons. The van der Waals surface area contributed by atoms with E-state index in [9.17, 15) is 64.9 Å². The SMILES string of the molecule is Cc1ccc(S(=O)(=O)N2C[C@H]3C(=O)C[C@@H](c4ccc(Cl)cc4)N(S(=O)(=O)c4ccccc4C)[C@H]3C[C@H]2c2cccc(Cl)c2)cc1.Cc1ccc(S(=O)(=O)N2C[C@H]3C(=O)C[C@@H](c4cccc(Cl)c4)N(S(=O)(=O)c4ccc(C)cc4)[C@H]3C[C@H]2c2cccc(Cl)c2)cc1.Cc1ccc([C@@H]2CC(=O)[C@@H]3CN(S(=O)(=O)c4ccc(C)cc4)[C@H](c4cccc(Cl)c4)C[C@@H]3N2S(=O)(=O)c2ccc(Cl)cc2)cc1. The molecule has 33 heteroatoms. The summed E-state index contributed by atoms with van der Waals surface area (Å²) >= 11 is 37.8. The number of ketones is 3. The highest BCUT2D eigenvalue weighted by molar-refractivity contribution is 7.90. The first-order chi connectivity index (χ1) is 64.1. The van der Waals surface area contributed by atoms with Crippen LogP contribution < -0.4 is 0 Å². The Bertz CT molecular complexity index is 7250. The summed E-state index contributed by atoms with van der Waals surface area (Å²) in [5.74, 6) is -3.23. The maximum atomic E-state index is 14.7. The van der Waals surface area contributed by atoms with Crippen LogP contribution in [0, 0.1) is 59.3 Å². The number of halogens is 6. The predicted molar refractivity (Wildman–Crippen MR) is 526 cm³/mol. The van der Waals surface area contributed by atoms with E-state index in [1.54, 1.807) is 250 Å². The summed E-state index contributed by atoms with van der Waals surface area (Å²) < 4.78 is 181. The number of piperidine rings is 6. The third-order valence-corrected chi connectivity index (χ3v) is 39.6. The van der Waals surface area contributed by atoms with E-state index < -0.39 is 132 Å². The molecule has 0 aromatic heterocycles. The van der Waals surface area contributed by atoms with Gasteiger partial charge in [0.05, 0.1) is 65.6 Å². The highest BCUT2D eigenvalue weighted by atomic mass is 35.5. The summed E-state index contributed by atoms with van der Waals surface area (Å²) in [5, 5.41) is 2.57. The van der Waals surface area contributed by atoms with Gasteiger partial charge in [-0.05, 0) is 239 Å². The maximum absolute atomic E-state index is 14.7. The van der Waals surface area contributed by atoms with Gasteiger partial charge in [-0.15, -0.1) is 0 Å². The molecular formula is C102H96Cl6N6O15S6. The van der Waals surface area contributed by atoms with Gasteiger partial charge in [0, 0.05) is 105 Å². The Labute approximate surface area is 819 Å². The zero-order chi connectivity index (χ0) is 96.3. The molecule has 0 saturated carbocycles. The first kappa shape index (κ1) is 98.9. The van der Waals surface area contributed by atoms with E-state index >= 15 is 0 Å². The van der Waals surface area contributed by atoms with Gasteiger partial charge in [0.2, 0.25) is 60.1 Å². The van der Waals surface area contributed by atoms with Crippen molar-refractivity contribution in [1.82, 2.24) is 25.8 Å². The monoisotopic (exact) mass is 2050 g/mol. The smallest absolute Gasteiger partial charge is 0.244 e. The minimum atomic E-state index is -4.18. The average Bonchev–Trinajstić information content (AvgIpc) is 0.725. The van der Waals surface area contributed by atoms with Crippen molar-refractivity contribution in [1.29, 1.82) is 0 Å². The van der Waals surface area contributed by atoms with Crippen molar-refractivity contribution in [3.63, 3.8) is 0 Å². The van der Waals surface area contributed by atoms with Crippen LogP contribution in [-0.4, -0.2) is 131 Å². The van der Waals surface area contributed by atoms with E-state index in [0.717, 1.165) is 27.8 Å². The second-order valence-corrected chi connectivity index (χ2v) is 49.0. The number of rotatable bonds is 18. The van der Waals surface area contributed by atoms with Gasteiger partial charge in [0.1, 0.15) is 17.3 Å². The van der Waals surface area contributed by atoms with Crippen LogP contribution in [0.3, 0.4) is 0 Å². The molecule has 0 radical (unpaired) electrons. The van der Waals surface area contributed by atoms with Gasteiger partial charge in [0.15, 0.2) is 0 Å². The van der Waals surface area contributed by atoms with Gasteiger partial charge >= 0.3 is 0 Å². The van der Waals surface area contributed by atoms with Gasteiger partial charge in [-0.3, -0.25) is 14.4 Å². The average molecular weight is 2050 g/mol. The van der Waals surface area contributed by atoms with Crippen LogP contribution in [0.2, 0.25) is 30.1 Å². The third-order valence-electron chi connectivity index (χ3n) is 26.5. The van der Waals surface area contributed by atoms with Gasteiger partial charge < -0.3 is 0 Å². The number of carbonyl (C=O) groups excluding carboxylic acids is 3. The second kappa shape index (κ2) is 40.0. The number of aryl methyl sites for hydroxylation is 6. The first-order valence-electron chi connectivity index (χ1n) is 43.8. The lowest BCUT2D eigenvalue weighted by Crippen LogP contribution is -2.61. The number of nitrogens with zero attached hydrogens (tertiary/aromatic N) is 6. The van der Waals surface area contributed by atoms with Gasteiger partial charge in [0.25, 0.3) is 0 Å². The molecule has 0 amide bonds. The number of benzene rings is 12. The molecule has 0 unspecified atom stereocenters. The number of hydrogen-bond donors (Lipinski definition) is 0. The molecule has 0 N–H and O–H groups in total. The molecular weight excluding hydrogens is 1950 g/mol. The van der Waals surface area contributed by atoms with Crippen molar-refractivity contribution in [2.75, 3.05) is 19.6 Å². The lowest BCUT2D eigenvalue weighted by Gasteiger charge is -2.51. The highest BCUT2D eigenvalue weighted by Gasteiger charge is 2.59. The van der Waals surface area contributed by atoms with Gasteiger partial charge in [-0.25, -0.2) is 50.5 Å². The number of fused-ring (bicyclic) bond motifs is 3. The molecule has 6 saturated heterocycles. The van der Waals surface area contributed by atoms with Crippen molar-refractivity contribution >= 4 is 147 Å². The van der Waals surface area contributed by atoms with E-state index in [2.05, 4.69) is 0 Å². The lowest BCUT2D eigenvalue weighted by atomic mass is 9.77. The fourth-order valence-corrected chi connectivity index (χ4v) is 31.3. The summed E-state index contributed by atoms with van der Waals surface area (Å²) in [6.07, 6.45) is -0.156. The Kier molecular flexibility index (Phi) is 29.3. The molecule has 0 bridgehead atoms. The largest absolute Gasteiger partial charge is 0.299 e. The summed E-state index contributed by atoms with van der Waals surface area (Å²) in [7, 11) is -24.8. The molecule has 12 aromatic carbocycles. The van der Waals surface area contributed by atoms with Crippen LogP contribution in [-0.2, 0) is 74.5 Å². The molecule has 12 aromatic rings. The van der Waals surface area contributed by atoms with Crippen molar-refractivity contribution in [3.8, 4) is 0 Å². The van der Waals surface area contributed by atoms with Crippen molar-refractivity contribution in [2.24, 2.45) is 17.8 Å². The molecule has 0 aliphatic carbocycles. The summed E-state index contributed by atoms with van der Waals surface area (Å²) in [6.45, 7) is 10.6. The Morgan fingerprint density at radius 1 is 0.237 bits per heavy atom. The van der Waals surface area contributed by atoms with Crippen molar-refractivity contribution in [2.45, 2.75) is 164 Å². The maximum Gasteiger partial charge on any atom is 0.244 e. The van der Waals surface area contributed by atoms with E-state index in [4.69, 9.17) is 69.6 Å². The van der Waals surface area contributed by atoms with Gasteiger partial charge in [-0.1, -0.05) is 249 Å². The normalized spacial score (nSPS) is 23.1. The number of Topliss-reactive ketones (excluding diaryl/α,β-unsaturated/α-hetero) is 3. The van der Waals surface area contributed by atoms with E-state index in [0.29, 0.717) is 69.1 Å². The summed E-state index contributed by atoms with van der Waals surface area (Å²) in [5.41, 5.74) is 8.98. The van der Waals surface area contributed by atoms with Crippen LogP contribution in [0.25, 0.3) is 0 Å². The molecule has 6 aliphatic heterocycles. The number of sulfonamides is 6. The Balaban J connectivity index is 0.000000147. The van der Waals surface area contributed by atoms with Crippen LogP contribution >= 0.6 is 69.6 Å². The number of carbonyl (C=O) groups is 3. The first-order valence-corrected chi connectivity index (χ1v) is 54.7. The third kappa shape index (κ3) is 20.4. The minimum absolute atomic E-state index is 0.0456. The number of hydrogen-bond acceptors (Lipinski definition) is 15. The van der Waals surface area contributed by atoms with Crippen LogP contribution in [0.1, 0.15) is 142 Å². The van der Waals surface area contributed by atoms with Crippen LogP contribution in [0.15, 0.2) is 321 Å². The molecule has 6 heterocycles. The Morgan fingerprint density at radius 3 is 0.763 bits per heavy atom. The molecule has 21 nitrogen and oxygen atoms in total. The quantitative estimate of drug-likeness (QED) is 0.0772. The zero-order valence-electron chi connectivity index (χ0n) is 74.0. The van der Waals surface area contributed by atoms with Crippen molar-refractivity contribution in [3.05, 3.63) is 388 Å². The van der Waals surface area contributed by atoms with Crippen molar-refractivity contribution < 1.29 is 64.9 Å². The standard InChI is InChI=1S/3C34H32Cl2N2O5S2/c1-22-9-13-28(14-10-22)44(40,41)37-21-30-33(19-31(37)24-5-3-7-26(35)17-24)38(45(42,43)29-15-11-23(2)12-16-29)32(20-34(30)39)25-6-4-8-27(36)18-25;1-22-10-16-28(17-11-22)44(40,41)37-21-29-32(19-30(37)25-7-5-8-27(36)18-25)38(45(42,43)34-9-4-3-6-23(34)2)31(20-33(29)39)24-12-14-26(35)15-13-24;1-22-6-10-24(11-7-22)32-20-34(39)30-21-37(44(40,41)28-14-8-23(2)9-15-28)31(25-4-3-5-27(36)18-25)19-33(30)38(32)45(42,43)29-16-12-26(35)13-17-29/h3-18,30-33H,19-21H2,1-2H3;3-18,29-32H,19-21H2,1-2H3;3-18,30-33H,19-21H2,1-2H3/t30-,31+,32+,33+;29-,30+,31+,32+;30-,31+,32+,33+/m111/s1. The second-order valence-electron chi connectivity index (χ2n) is 35.2.